The van der Waals surface area contributed by atoms with Crippen molar-refractivity contribution in [1.82, 2.24) is 63.5 Å². The second-order valence-electron chi connectivity index (χ2n) is 20.3. The molecule has 2 aromatic carbocycles. The number of nitrogens with one attached hydrogen (secondary N) is 12. The Labute approximate surface area is 512 Å². The summed E-state index contributed by atoms with van der Waals surface area (Å²) in [7, 11) is 0. The molecule has 3 aromatic rings. The average molecular weight is 1270 g/mol. The zero-order valence-electron chi connectivity index (χ0n) is 48.8. The largest absolute Gasteiger partial charge is 0.408 e. The predicted molar refractivity (Wildman–Crippen MR) is 323 cm³/mol. The van der Waals surface area contributed by atoms with E-state index in [0.717, 1.165) is 0 Å². The van der Waals surface area contributed by atoms with Crippen LogP contribution in [0.4, 0.5) is 13.2 Å². The number of hydrogen-bond donors (Lipinski definition) is 18. The molecular formula is C55H82F3N15O12S2. The number of nitrogens with zero attached hydrogens (tertiary/aromatic N) is 1. The van der Waals surface area contributed by atoms with Gasteiger partial charge in [0.15, 0.2) is 5.96 Å². The van der Waals surface area contributed by atoms with Gasteiger partial charge >= 0.3 is 6.18 Å². The number of rotatable bonds is 37. The van der Waals surface area contributed by atoms with Crippen molar-refractivity contribution in [2.24, 2.45) is 16.5 Å². The molecule has 0 aliphatic rings. The first-order chi connectivity index (χ1) is 41.2. The van der Waals surface area contributed by atoms with Gasteiger partial charge in [0.1, 0.15) is 54.9 Å². The van der Waals surface area contributed by atoms with Crippen molar-refractivity contribution < 1.29 is 71.3 Å². The van der Waals surface area contributed by atoms with Crippen LogP contribution >= 0.6 is 25.3 Å². The van der Waals surface area contributed by atoms with Gasteiger partial charge in [0.05, 0.1) is 18.8 Å². The number of halogens is 3. The van der Waals surface area contributed by atoms with Crippen LogP contribution in [-0.2, 0) is 60.8 Å². The molecule has 87 heavy (non-hydrogen) atoms. The number of H-pyrrole nitrogens is 1. The number of aromatic amines is 1. The lowest BCUT2D eigenvalue weighted by atomic mass is 10.0. The number of para-hydroxylation sites is 1. The Morgan fingerprint density at radius 1 is 0.598 bits per heavy atom. The first kappa shape index (κ1) is 73.6. The lowest BCUT2D eigenvalue weighted by molar-refractivity contribution is -0.137. The molecule has 0 unspecified atom stereocenters. The molecule has 0 aliphatic heterocycles. The monoisotopic (exact) mass is 1270 g/mol. The zero-order chi connectivity index (χ0) is 64.8. The van der Waals surface area contributed by atoms with Crippen LogP contribution in [0.1, 0.15) is 77.3 Å². The minimum Gasteiger partial charge on any atom is -0.391 e. The Hall–Kier alpha value is -7.68. The number of guanidine groups is 1. The highest BCUT2D eigenvalue weighted by Gasteiger charge is 2.36. The number of hydrogen-bond acceptors (Lipinski definition) is 16. The van der Waals surface area contributed by atoms with E-state index in [1.54, 1.807) is 67.7 Å². The smallest absolute Gasteiger partial charge is 0.391 e. The van der Waals surface area contributed by atoms with Crippen molar-refractivity contribution in [3.63, 3.8) is 0 Å². The number of amides is 10. The maximum absolute atomic E-state index is 14.8. The number of unbranched alkanes of at least 4 members (excludes halogenated alkanes) is 2. The van der Waals surface area contributed by atoms with E-state index in [1.807, 2.05) is 0 Å². The van der Waals surface area contributed by atoms with Crippen LogP contribution in [0.2, 0.25) is 0 Å². The standard InChI is InChI=1S/C55H82F3N15O12S2/c1-5-61-52(84)44(30(2)74)72-51(83)42(28-87)71-53(85)45(31(3)75)73-47(79)38(19-11-13-21-59)68-49(81)40(24-34-25-63-36-18-10-9-17-35(34)36)70-48(80)39(23-33-15-7-6-8-16-33)69-50(82)41(27-86)67-43(77)26-64-46(78)37(66-32(4)76)20-12-14-22-62-54(60)65-29-55(56,57)58/h6-10,15-18,25,30-31,37-42,44-45,63,74-75,86-87H,5,11-14,19-24,26-29,59H2,1-4H3,(H,61,84)(H,64,78)(H,66,76)(H,67,77)(H,68,81)(H,69,82)(H,70,80)(H,71,85)(H,72,83)(H,73,79)(H3,60,62,65)/t30-,31-,37-,38+,39+,40-,41+,42+,44+,45+/m1/s1. The fourth-order valence-corrected chi connectivity index (χ4v) is 9.10. The summed E-state index contributed by atoms with van der Waals surface area (Å²) in [5.74, 6) is -9.56. The van der Waals surface area contributed by atoms with Crippen LogP contribution < -0.4 is 70.0 Å². The minimum absolute atomic E-state index is 0.0555. The molecule has 32 heteroatoms. The quantitative estimate of drug-likeness (QED) is 0.0123. The Morgan fingerprint density at radius 2 is 1.10 bits per heavy atom. The molecule has 10 amide bonds. The second kappa shape index (κ2) is 37.8. The number of aromatic nitrogens is 1. The van der Waals surface area contributed by atoms with Crippen LogP contribution in [0, 0.1) is 0 Å². The van der Waals surface area contributed by atoms with Gasteiger partial charge in [-0.3, -0.25) is 47.9 Å². The number of aliphatic hydroxyl groups is 2. The maximum Gasteiger partial charge on any atom is 0.408 e. The van der Waals surface area contributed by atoms with E-state index < -0.39 is 145 Å². The predicted octanol–water partition coefficient (Wildman–Crippen LogP) is -2.51. The summed E-state index contributed by atoms with van der Waals surface area (Å²) in [6.07, 6.45) is -4.96. The molecule has 0 spiro atoms. The Morgan fingerprint density at radius 3 is 1.68 bits per heavy atom. The summed E-state index contributed by atoms with van der Waals surface area (Å²) in [5, 5.41) is 49.4. The molecule has 0 aliphatic carbocycles. The van der Waals surface area contributed by atoms with E-state index in [0.29, 0.717) is 34.9 Å². The summed E-state index contributed by atoms with van der Waals surface area (Å²) in [6, 6.07) is 4.09. The highest BCUT2D eigenvalue weighted by Crippen LogP contribution is 2.20. The van der Waals surface area contributed by atoms with Gasteiger partial charge in [0, 0.05) is 61.5 Å². The summed E-state index contributed by atoms with van der Waals surface area (Å²) < 4.78 is 37.4. The first-order valence-corrected chi connectivity index (χ1v) is 29.4. The summed E-state index contributed by atoms with van der Waals surface area (Å²) in [5.41, 5.74) is 13.1. The molecule has 482 valence electrons. The highest BCUT2D eigenvalue weighted by molar-refractivity contribution is 7.80. The van der Waals surface area contributed by atoms with Gasteiger partial charge in [-0.05, 0) is 83.0 Å². The third-order valence-electron chi connectivity index (χ3n) is 13.1. The molecule has 3 rings (SSSR count). The summed E-state index contributed by atoms with van der Waals surface area (Å²) in [4.78, 5) is 142. The fourth-order valence-electron chi connectivity index (χ4n) is 8.59. The van der Waals surface area contributed by atoms with Crippen LogP contribution in [0.15, 0.2) is 65.8 Å². The van der Waals surface area contributed by atoms with Gasteiger partial charge in [-0.2, -0.15) is 38.4 Å². The van der Waals surface area contributed by atoms with Gasteiger partial charge in [-0.15, -0.1) is 0 Å². The van der Waals surface area contributed by atoms with Crippen molar-refractivity contribution in [1.29, 1.82) is 0 Å². The summed E-state index contributed by atoms with van der Waals surface area (Å²) in [6.45, 7) is 3.61. The average Bonchev–Trinajstić information content (AvgIpc) is 3.34. The molecule has 10 atom stereocenters. The van der Waals surface area contributed by atoms with Crippen molar-refractivity contribution in [3.05, 3.63) is 71.9 Å². The van der Waals surface area contributed by atoms with Crippen LogP contribution in [0.3, 0.4) is 0 Å². The van der Waals surface area contributed by atoms with Crippen molar-refractivity contribution in [3.8, 4) is 0 Å². The number of likely N-dealkylation sites (N-methyl/N-ethyl adjacent to an activating group) is 1. The van der Waals surface area contributed by atoms with Crippen LogP contribution in [0.25, 0.3) is 10.9 Å². The van der Waals surface area contributed by atoms with Crippen LogP contribution in [0.5, 0.6) is 0 Å². The number of aliphatic hydroxyl groups excluding tert-OH is 2. The van der Waals surface area contributed by atoms with Gasteiger partial charge < -0.3 is 85.1 Å². The van der Waals surface area contributed by atoms with Gasteiger partial charge in [-0.25, -0.2) is 4.99 Å². The topological polar surface area (TPSA) is 424 Å². The number of carbonyl (C=O) groups is 10. The van der Waals surface area contributed by atoms with Gasteiger partial charge in [-0.1, -0.05) is 48.5 Å². The number of thiol groups is 2. The fraction of sp³-hybridized carbons (Fsp3) is 0.545. The van der Waals surface area contributed by atoms with Crippen molar-refractivity contribution in [2.75, 3.05) is 44.2 Å². The number of fused-ring (bicyclic) bond motifs is 1. The third-order valence-corrected chi connectivity index (χ3v) is 13.9. The number of carbonyl (C=O) groups excluding carboxylic acids is 10. The first-order valence-electron chi connectivity index (χ1n) is 28.1. The molecule has 0 fully saturated rings. The molecule has 0 saturated heterocycles. The Bertz CT molecular complexity index is 2800. The molecule has 1 aromatic heterocycles. The SMILES string of the molecule is CCNC(=O)[C@@H](NC(=O)[C@H](CS)NC(=O)[C@@H](NC(=O)[C@H](CCCCN)NC(=O)[C@@H](Cc1c[nH]c2ccccc12)NC(=O)[C@H](Cc1ccccc1)NC(=O)[C@H](CS)NC(=O)CNC(=O)[C@@H](CCCCNC(N)=NCC(F)(F)F)NC(C)=O)[C@@H](C)O)[C@@H](C)O. The van der Waals surface area contributed by atoms with E-state index in [4.69, 9.17) is 11.5 Å². The summed E-state index contributed by atoms with van der Waals surface area (Å²) >= 11 is 8.43. The number of aliphatic imine (C=N–C) groups is 1. The molecule has 0 saturated carbocycles. The Balaban J connectivity index is 1.87. The number of nitrogens with two attached hydrogens (primary N) is 2. The van der Waals surface area contributed by atoms with E-state index in [9.17, 15) is 71.3 Å². The Kier molecular flexibility index (Phi) is 32.0. The third kappa shape index (κ3) is 26.5. The lowest BCUT2D eigenvalue weighted by Crippen LogP contribution is -2.62. The van der Waals surface area contributed by atoms with Gasteiger partial charge in [0.2, 0.25) is 59.1 Å². The molecule has 0 radical (unpaired) electrons. The van der Waals surface area contributed by atoms with Crippen LogP contribution in [-0.4, -0.2) is 191 Å². The zero-order valence-corrected chi connectivity index (χ0v) is 50.5. The van der Waals surface area contributed by atoms with Gasteiger partial charge in [0.25, 0.3) is 0 Å². The van der Waals surface area contributed by atoms with E-state index in [2.05, 4.69) is 93.7 Å². The lowest BCUT2D eigenvalue weighted by Gasteiger charge is -2.28. The molecule has 27 nitrogen and oxygen atoms in total. The maximum atomic E-state index is 14.8. The van der Waals surface area contributed by atoms with Crippen molar-refractivity contribution in [2.45, 2.75) is 146 Å². The number of benzene rings is 2. The highest BCUT2D eigenvalue weighted by atomic mass is 32.1. The molecular weight excluding hydrogens is 1180 g/mol. The van der Waals surface area contributed by atoms with E-state index in [1.165, 1.54) is 20.8 Å². The minimum atomic E-state index is -4.54. The number of alkyl halides is 3. The second-order valence-corrected chi connectivity index (χ2v) is 21.1. The molecule has 1 heterocycles. The van der Waals surface area contributed by atoms with E-state index in [-0.39, 0.29) is 69.7 Å². The van der Waals surface area contributed by atoms with Crippen molar-refractivity contribution >= 4 is 101 Å². The normalized spacial score (nSPS) is 15.0. The molecule has 18 N–H and O–H groups in total. The van der Waals surface area contributed by atoms with E-state index >= 15 is 0 Å². The molecule has 0 bridgehead atoms.